The predicted octanol–water partition coefficient (Wildman–Crippen LogP) is 5.16. The van der Waals surface area contributed by atoms with Crippen molar-refractivity contribution < 1.29 is 22.7 Å². The largest absolute Gasteiger partial charge is 0.493 e. The molecule has 3 aromatic rings. The van der Waals surface area contributed by atoms with E-state index in [4.69, 9.17) is 4.74 Å². The SMILES string of the molecule is CN1C/C=C\CCOc2cccc(c2)-c2ccnc(n2)Nc2cc(cc(NC(=O)C(F)(F)F)c2)C1. The highest BCUT2D eigenvalue weighted by Gasteiger charge is 2.38. The van der Waals surface area contributed by atoms with Gasteiger partial charge in [-0.3, -0.25) is 9.69 Å². The van der Waals surface area contributed by atoms with E-state index in [1.54, 1.807) is 18.3 Å². The highest BCUT2D eigenvalue weighted by Crippen LogP contribution is 2.27. The fourth-order valence-corrected chi connectivity index (χ4v) is 3.58. The number of carbonyl (C=O) groups excluding carboxylic acids is 1. The summed E-state index contributed by atoms with van der Waals surface area (Å²) in [5.74, 6) is -1.05. The van der Waals surface area contributed by atoms with Crippen molar-refractivity contribution in [1.29, 1.82) is 0 Å². The third-order valence-corrected chi connectivity index (χ3v) is 5.14. The minimum absolute atomic E-state index is 0.0201. The number of alkyl halides is 3. The maximum Gasteiger partial charge on any atom is 0.471 e. The molecule has 1 aliphatic heterocycles. The molecule has 2 N–H and O–H groups in total. The molecule has 0 saturated heterocycles. The Kier molecular flexibility index (Phi) is 7.31. The number of rotatable bonds is 1. The number of fused-ring (bicyclic) bond motifs is 7. The van der Waals surface area contributed by atoms with E-state index in [0.717, 1.165) is 17.7 Å². The number of carbonyl (C=O) groups is 1. The van der Waals surface area contributed by atoms with Crippen molar-refractivity contribution in [2.24, 2.45) is 0 Å². The maximum atomic E-state index is 12.8. The van der Waals surface area contributed by atoms with E-state index in [2.05, 4.69) is 15.3 Å². The fraction of sp³-hybridized carbons (Fsp3) is 0.240. The zero-order valence-electron chi connectivity index (χ0n) is 19.0. The molecule has 35 heavy (non-hydrogen) atoms. The van der Waals surface area contributed by atoms with Crippen LogP contribution in [-0.4, -0.2) is 47.2 Å². The topological polar surface area (TPSA) is 79.4 Å². The minimum atomic E-state index is -4.99. The molecule has 10 heteroatoms. The highest BCUT2D eigenvalue weighted by molar-refractivity contribution is 5.95. The van der Waals surface area contributed by atoms with Gasteiger partial charge in [0.05, 0.1) is 12.3 Å². The lowest BCUT2D eigenvalue weighted by atomic mass is 10.1. The van der Waals surface area contributed by atoms with Crippen molar-refractivity contribution >= 4 is 23.2 Å². The van der Waals surface area contributed by atoms with Crippen molar-refractivity contribution in [1.82, 2.24) is 14.9 Å². The van der Waals surface area contributed by atoms with Crippen molar-refractivity contribution in [3.05, 3.63) is 72.4 Å². The molecule has 0 aliphatic carbocycles. The van der Waals surface area contributed by atoms with Crippen LogP contribution >= 0.6 is 0 Å². The average molecular weight is 483 g/mol. The molecule has 182 valence electrons. The van der Waals surface area contributed by atoms with Gasteiger partial charge >= 0.3 is 12.1 Å². The third-order valence-electron chi connectivity index (χ3n) is 5.14. The van der Waals surface area contributed by atoms with Crippen LogP contribution in [0.4, 0.5) is 30.5 Å². The van der Waals surface area contributed by atoms with Gasteiger partial charge in [0.2, 0.25) is 5.95 Å². The second-order valence-electron chi connectivity index (χ2n) is 8.09. The van der Waals surface area contributed by atoms with E-state index in [0.29, 0.717) is 36.6 Å². The summed E-state index contributed by atoms with van der Waals surface area (Å²) in [6.45, 7) is 1.59. The van der Waals surface area contributed by atoms with E-state index < -0.39 is 12.1 Å². The molecular weight excluding hydrogens is 459 g/mol. The van der Waals surface area contributed by atoms with Gasteiger partial charge < -0.3 is 15.4 Å². The van der Waals surface area contributed by atoms with Gasteiger partial charge in [0.1, 0.15) is 5.75 Å². The number of likely N-dealkylation sites (N-methyl/N-ethyl adjacent to an activating group) is 1. The second kappa shape index (κ2) is 10.6. The summed E-state index contributed by atoms with van der Waals surface area (Å²) in [5, 5.41) is 4.98. The summed E-state index contributed by atoms with van der Waals surface area (Å²) in [6.07, 6.45) is 1.35. The van der Waals surface area contributed by atoms with Gasteiger partial charge in [-0.15, -0.1) is 0 Å². The Morgan fingerprint density at radius 2 is 2.00 bits per heavy atom. The lowest BCUT2D eigenvalue weighted by molar-refractivity contribution is -0.167. The number of benzene rings is 2. The van der Waals surface area contributed by atoms with Crippen LogP contribution in [0.3, 0.4) is 0 Å². The lowest BCUT2D eigenvalue weighted by Gasteiger charge is -2.18. The Balaban J connectivity index is 1.70. The first-order chi connectivity index (χ1) is 16.8. The van der Waals surface area contributed by atoms with Gasteiger partial charge in [0.15, 0.2) is 0 Å². The molecule has 1 aromatic heterocycles. The molecule has 1 amide bonds. The van der Waals surface area contributed by atoms with Crippen molar-refractivity contribution in [2.45, 2.75) is 19.1 Å². The van der Waals surface area contributed by atoms with E-state index in [1.807, 2.05) is 53.7 Å². The zero-order valence-corrected chi connectivity index (χ0v) is 19.0. The number of halogens is 3. The summed E-state index contributed by atoms with van der Waals surface area (Å²) < 4.78 is 44.4. The fourth-order valence-electron chi connectivity index (χ4n) is 3.58. The van der Waals surface area contributed by atoms with Crippen LogP contribution in [-0.2, 0) is 11.3 Å². The van der Waals surface area contributed by atoms with Crippen LogP contribution in [0.25, 0.3) is 11.3 Å². The van der Waals surface area contributed by atoms with E-state index >= 15 is 0 Å². The van der Waals surface area contributed by atoms with Crippen molar-refractivity contribution in [3.8, 4) is 17.0 Å². The quantitative estimate of drug-likeness (QED) is 0.466. The number of hydrogen-bond donors (Lipinski definition) is 2. The second-order valence-corrected chi connectivity index (χ2v) is 8.09. The Bertz CT molecular complexity index is 1230. The minimum Gasteiger partial charge on any atom is -0.493 e. The van der Waals surface area contributed by atoms with Gasteiger partial charge in [-0.25, -0.2) is 9.97 Å². The molecule has 1 aliphatic rings. The van der Waals surface area contributed by atoms with E-state index in [1.165, 1.54) is 12.1 Å². The van der Waals surface area contributed by atoms with Crippen molar-refractivity contribution in [3.63, 3.8) is 0 Å². The van der Waals surface area contributed by atoms with Crippen LogP contribution in [0.15, 0.2) is 66.9 Å². The predicted molar refractivity (Wildman–Crippen MR) is 127 cm³/mol. The van der Waals surface area contributed by atoms with Gasteiger partial charge in [-0.1, -0.05) is 24.3 Å². The lowest BCUT2D eigenvalue weighted by Crippen LogP contribution is -2.30. The summed E-state index contributed by atoms with van der Waals surface area (Å²) in [4.78, 5) is 22.3. The Morgan fingerprint density at radius 3 is 2.83 bits per heavy atom. The first kappa shape index (κ1) is 24.2. The average Bonchev–Trinajstić information content (AvgIpc) is 2.80. The normalized spacial score (nSPS) is 15.7. The van der Waals surface area contributed by atoms with Gasteiger partial charge in [-0.2, -0.15) is 13.2 Å². The number of nitrogens with zero attached hydrogens (tertiary/aromatic N) is 3. The number of anilines is 3. The standard InChI is InChI=1S/C25H24F3N5O2/c1-33-10-3-2-4-11-35-21-7-5-6-18(14-21)22-8-9-29-24(32-22)31-20-13-17(16-33)12-19(15-20)30-23(34)25(26,27)28/h2-3,5-9,12-15H,4,10-11,16H2,1H3,(H,30,34)(H,29,31,32)/b3-2-. The van der Waals surface area contributed by atoms with Gasteiger partial charge in [0, 0.05) is 36.2 Å². The van der Waals surface area contributed by atoms with Crippen LogP contribution in [0.5, 0.6) is 5.75 Å². The number of nitrogens with one attached hydrogen (secondary N) is 2. The van der Waals surface area contributed by atoms with Gasteiger partial charge in [0.25, 0.3) is 0 Å². The number of amides is 1. The monoisotopic (exact) mass is 483 g/mol. The molecule has 2 heterocycles. The molecule has 0 fully saturated rings. The molecular formula is C25H24F3N5O2. The molecule has 0 unspecified atom stereocenters. The zero-order chi connectivity index (χ0) is 24.8. The Hall–Kier alpha value is -3.92. The summed E-state index contributed by atoms with van der Waals surface area (Å²) in [5.41, 5.74) is 2.65. The van der Waals surface area contributed by atoms with Gasteiger partial charge in [-0.05, 0) is 55.4 Å². The van der Waals surface area contributed by atoms with Crippen LogP contribution in [0.1, 0.15) is 12.0 Å². The first-order valence-corrected chi connectivity index (χ1v) is 11.0. The summed E-state index contributed by atoms with van der Waals surface area (Å²) in [6, 6.07) is 14.0. The van der Waals surface area contributed by atoms with E-state index in [9.17, 15) is 18.0 Å². The van der Waals surface area contributed by atoms with Crippen LogP contribution < -0.4 is 15.4 Å². The number of ether oxygens (including phenoxy) is 1. The molecule has 0 spiro atoms. The Labute approximate surface area is 200 Å². The van der Waals surface area contributed by atoms with Crippen LogP contribution in [0, 0.1) is 0 Å². The maximum absolute atomic E-state index is 12.8. The third kappa shape index (κ3) is 6.80. The summed E-state index contributed by atoms with van der Waals surface area (Å²) in [7, 11) is 1.89. The number of aromatic nitrogens is 2. The molecule has 0 saturated carbocycles. The molecule has 7 nitrogen and oxygen atoms in total. The molecule has 2 aromatic carbocycles. The summed E-state index contributed by atoms with van der Waals surface area (Å²) >= 11 is 0. The molecule has 0 radical (unpaired) electrons. The molecule has 6 bridgehead atoms. The van der Waals surface area contributed by atoms with Crippen LogP contribution in [0.2, 0.25) is 0 Å². The first-order valence-electron chi connectivity index (χ1n) is 11.0. The van der Waals surface area contributed by atoms with E-state index in [-0.39, 0.29) is 11.6 Å². The van der Waals surface area contributed by atoms with Crippen molar-refractivity contribution in [2.75, 3.05) is 30.8 Å². The highest BCUT2D eigenvalue weighted by atomic mass is 19.4. The number of hydrogen-bond acceptors (Lipinski definition) is 6. The molecule has 4 rings (SSSR count). The molecule has 0 atom stereocenters. The Morgan fingerprint density at radius 1 is 1.14 bits per heavy atom. The smallest absolute Gasteiger partial charge is 0.471 e.